The maximum atomic E-state index is 6.38. The fraction of sp³-hybridized carbons (Fsp3) is 1.00. The van der Waals surface area contributed by atoms with Crippen LogP contribution in [0.25, 0.3) is 0 Å². The van der Waals surface area contributed by atoms with Crippen LogP contribution in [0.5, 0.6) is 0 Å². The number of ether oxygens (including phenoxy) is 1. The van der Waals surface area contributed by atoms with Gasteiger partial charge in [0.2, 0.25) is 0 Å². The Morgan fingerprint density at radius 3 is 2.21 bits per heavy atom. The lowest BCUT2D eigenvalue weighted by molar-refractivity contribution is -0.0233. The molecule has 0 aromatic carbocycles. The van der Waals surface area contributed by atoms with Gasteiger partial charge in [-0.1, -0.05) is 55.9 Å². The maximum Gasteiger partial charge on any atom is 0.178 e. The van der Waals surface area contributed by atoms with Crippen LogP contribution in [-0.4, -0.2) is 59.5 Å². The molecule has 3 aliphatic rings. The number of hydrazine groups is 1. The van der Waals surface area contributed by atoms with E-state index in [-0.39, 0.29) is 36.4 Å². The second-order valence-electron chi connectivity index (χ2n) is 12.7. The molecule has 0 amide bonds. The molecule has 2 heterocycles. The third-order valence-electron chi connectivity index (χ3n) is 7.76. The average Bonchev–Trinajstić information content (AvgIpc) is 3.06. The van der Waals surface area contributed by atoms with E-state index in [9.17, 15) is 0 Å². The summed E-state index contributed by atoms with van der Waals surface area (Å²) in [7, 11) is 0. The first-order chi connectivity index (χ1) is 14.4. The van der Waals surface area contributed by atoms with Crippen LogP contribution < -0.4 is 16.2 Å². The first-order valence-corrected chi connectivity index (χ1v) is 13.2. The van der Waals surface area contributed by atoms with E-state index in [1.54, 1.807) is 0 Å². The van der Waals surface area contributed by atoms with Gasteiger partial charge < -0.3 is 20.6 Å². The molecule has 7 nitrogen and oxygen atoms in total. The van der Waals surface area contributed by atoms with Crippen molar-refractivity contribution in [2.24, 2.45) is 28.6 Å². The summed E-state index contributed by atoms with van der Waals surface area (Å²) in [5.41, 5.74) is 7.23. The van der Waals surface area contributed by atoms with Gasteiger partial charge in [0.25, 0.3) is 0 Å². The van der Waals surface area contributed by atoms with Crippen molar-refractivity contribution in [3.8, 4) is 0 Å². The number of nitrogens with one attached hydrogen (secondary N) is 3. The van der Waals surface area contributed by atoms with Crippen molar-refractivity contribution in [3.63, 3.8) is 0 Å². The Morgan fingerprint density at radius 2 is 1.68 bits per heavy atom. The summed E-state index contributed by atoms with van der Waals surface area (Å²) >= 11 is 6.38. The van der Waals surface area contributed by atoms with Gasteiger partial charge in [0.05, 0.1) is 0 Å². The summed E-state index contributed by atoms with van der Waals surface area (Å²) in [6.45, 7) is 19.9. The molecule has 7 N–H and O–H groups in total. The Labute approximate surface area is 215 Å². The molecule has 0 spiro atoms. The van der Waals surface area contributed by atoms with Crippen LogP contribution in [0, 0.1) is 28.6 Å². The van der Waals surface area contributed by atoms with E-state index in [0.717, 1.165) is 24.8 Å². The van der Waals surface area contributed by atoms with Crippen molar-refractivity contribution in [1.29, 1.82) is 0 Å². The molecule has 3 fully saturated rings. The SMILES string of the molecule is C.CC(C)C(CN1CCC(C2CCC(Cl)CC2)C(C)(C)C1)NC1NNC(CC(C)(C)C)O1.O.O. The first-order valence-electron chi connectivity index (χ1n) is 12.7. The summed E-state index contributed by atoms with van der Waals surface area (Å²) in [5, 5.41) is 4.15. The van der Waals surface area contributed by atoms with Crippen LogP contribution in [0.4, 0.5) is 0 Å². The van der Waals surface area contributed by atoms with Gasteiger partial charge in [-0.3, -0.25) is 5.32 Å². The second kappa shape index (κ2) is 14.1. The van der Waals surface area contributed by atoms with Crippen LogP contribution in [0.3, 0.4) is 0 Å². The third-order valence-corrected chi connectivity index (χ3v) is 8.20. The topological polar surface area (TPSA) is 112 Å². The molecule has 8 heteroatoms. The zero-order valence-electron chi connectivity index (χ0n) is 22.1. The van der Waals surface area contributed by atoms with E-state index in [1.165, 1.54) is 45.2 Å². The molecular weight excluding hydrogens is 452 g/mol. The molecule has 2 saturated heterocycles. The van der Waals surface area contributed by atoms with Crippen molar-refractivity contribution in [1.82, 2.24) is 21.1 Å². The van der Waals surface area contributed by atoms with E-state index in [1.807, 2.05) is 0 Å². The van der Waals surface area contributed by atoms with Gasteiger partial charge in [0.15, 0.2) is 6.35 Å². The molecule has 206 valence electrons. The predicted molar refractivity (Wildman–Crippen MR) is 145 cm³/mol. The van der Waals surface area contributed by atoms with E-state index in [0.29, 0.717) is 22.8 Å². The number of piperidine rings is 1. The maximum absolute atomic E-state index is 6.38. The Morgan fingerprint density at radius 1 is 1.06 bits per heavy atom. The van der Waals surface area contributed by atoms with Crippen LogP contribution in [-0.2, 0) is 4.74 Å². The lowest BCUT2D eigenvalue weighted by Crippen LogP contribution is -2.56. The van der Waals surface area contributed by atoms with E-state index >= 15 is 0 Å². The predicted octanol–water partition coefficient (Wildman–Crippen LogP) is 3.90. The van der Waals surface area contributed by atoms with Gasteiger partial charge in [-0.25, -0.2) is 10.9 Å². The second-order valence-corrected chi connectivity index (χ2v) is 13.3. The van der Waals surface area contributed by atoms with Crippen molar-refractivity contribution in [2.75, 3.05) is 19.6 Å². The van der Waals surface area contributed by atoms with Crippen LogP contribution in [0.15, 0.2) is 0 Å². The smallest absolute Gasteiger partial charge is 0.178 e. The number of hydrogen-bond acceptors (Lipinski definition) is 5. The van der Waals surface area contributed by atoms with Crippen molar-refractivity contribution < 1.29 is 15.7 Å². The molecule has 1 saturated carbocycles. The molecule has 4 unspecified atom stereocenters. The number of nitrogens with zero attached hydrogens (tertiary/aromatic N) is 1. The minimum Gasteiger partial charge on any atom is -0.412 e. The van der Waals surface area contributed by atoms with E-state index in [2.05, 4.69) is 69.5 Å². The summed E-state index contributed by atoms with van der Waals surface area (Å²) in [5.74, 6) is 2.25. The number of rotatable bonds is 7. The first kappa shape index (κ1) is 34.0. The van der Waals surface area contributed by atoms with Gasteiger partial charge in [-0.2, -0.15) is 0 Å². The van der Waals surface area contributed by atoms with E-state index < -0.39 is 0 Å². The van der Waals surface area contributed by atoms with Crippen molar-refractivity contribution in [3.05, 3.63) is 0 Å². The normalized spacial score (nSPS) is 32.9. The average molecular weight is 509 g/mol. The molecule has 1 aliphatic carbocycles. The molecule has 34 heavy (non-hydrogen) atoms. The number of alkyl halides is 1. The van der Waals surface area contributed by atoms with Gasteiger partial charge >= 0.3 is 0 Å². The zero-order valence-corrected chi connectivity index (χ0v) is 22.9. The van der Waals surface area contributed by atoms with Crippen LogP contribution in [0.2, 0.25) is 0 Å². The highest BCUT2D eigenvalue weighted by Gasteiger charge is 2.41. The third kappa shape index (κ3) is 9.81. The summed E-state index contributed by atoms with van der Waals surface area (Å²) < 4.78 is 6.19. The molecule has 0 radical (unpaired) electrons. The quantitative estimate of drug-likeness (QED) is 0.451. The fourth-order valence-electron chi connectivity index (χ4n) is 6.06. The summed E-state index contributed by atoms with van der Waals surface area (Å²) in [6, 6.07) is 0.395. The minimum absolute atomic E-state index is 0. The zero-order chi connectivity index (χ0) is 22.8. The van der Waals surface area contributed by atoms with Gasteiger partial charge in [-0.05, 0) is 73.7 Å². The molecule has 0 aromatic rings. The van der Waals surface area contributed by atoms with Gasteiger partial charge in [-0.15, -0.1) is 11.6 Å². The number of hydrogen-bond donors (Lipinski definition) is 3. The van der Waals surface area contributed by atoms with Crippen molar-refractivity contribution >= 4 is 11.6 Å². The lowest BCUT2D eigenvalue weighted by Gasteiger charge is -2.49. The van der Waals surface area contributed by atoms with E-state index in [4.69, 9.17) is 16.3 Å². The largest absolute Gasteiger partial charge is 0.412 e. The summed E-state index contributed by atoms with van der Waals surface area (Å²) in [4.78, 5) is 2.69. The Bertz CT molecular complexity index is 565. The fourth-order valence-corrected chi connectivity index (χ4v) is 6.31. The van der Waals surface area contributed by atoms with Gasteiger partial charge in [0, 0.05) is 24.5 Å². The number of likely N-dealkylation sites (tertiary alicyclic amines) is 1. The molecule has 0 bridgehead atoms. The Balaban J connectivity index is 0.00000363. The molecule has 2 aliphatic heterocycles. The van der Waals surface area contributed by atoms with Crippen LogP contribution >= 0.6 is 11.6 Å². The van der Waals surface area contributed by atoms with Crippen molar-refractivity contribution in [2.45, 2.75) is 118 Å². The standard InChI is InChI=1S/C25H49ClN4O.CH4.2H2O/c1-17(2)21(27-23-29-28-22(31-23)14-24(3,4)5)15-30-13-12-20(25(6,7)16-30)18-8-10-19(26)11-9-18;;;/h17-23,27-29H,8-16H2,1-7H3;1H4;2*1H2. The molecule has 3 rings (SSSR count). The molecule has 0 aromatic heterocycles. The Hall–Kier alpha value is 0.01000. The van der Waals surface area contributed by atoms with Gasteiger partial charge in [0.1, 0.15) is 6.23 Å². The highest BCUT2D eigenvalue weighted by atomic mass is 35.5. The highest BCUT2D eigenvalue weighted by molar-refractivity contribution is 6.20. The summed E-state index contributed by atoms with van der Waals surface area (Å²) in [6.07, 6.45) is 7.30. The monoisotopic (exact) mass is 508 g/mol. The molecule has 4 atom stereocenters. The number of halogens is 1. The Kier molecular flexibility index (Phi) is 14.1. The molecular formula is C26H57ClN4O3. The lowest BCUT2D eigenvalue weighted by atomic mass is 9.64. The highest BCUT2D eigenvalue weighted by Crippen LogP contribution is 2.45. The van der Waals surface area contributed by atoms with Crippen LogP contribution in [0.1, 0.15) is 94.4 Å². The minimum atomic E-state index is -0.129.